The lowest BCUT2D eigenvalue weighted by atomic mass is 9.47. The Morgan fingerprint density at radius 3 is 2.73 bits per heavy atom. The van der Waals surface area contributed by atoms with Gasteiger partial charge in [-0.15, -0.1) is 0 Å². The molecule has 5 aliphatic rings. The van der Waals surface area contributed by atoms with Crippen LogP contribution in [-0.2, 0) is 4.79 Å². The van der Waals surface area contributed by atoms with Gasteiger partial charge in [-0.25, -0.2) is 0 Å². The Balaban J connectivity index is 1.54. The van der Waals surface area contributed by atoms with Crippen LogP contribution in [0.25, 0.3) is 0 Å². The number of carbonyl (C=O) groups excluding carboxylic acids is 1. The van der Waals surface area contributed by atoms with Gasteiger partial charge in [0.15, 0.2) is 0 Å². The maximum Gasteiger partial charge on any atom is 0.142 e. The molecule has 0 radical (unpaired) electrons. The first kappa shape index (κ1) is 13.8. The van der Waals surface area contributed by atoms with Crippen molar-refractivity contribution in [3.8, 4) is 0 Å². The van der Waals surface area contributed by atoms with E-state index in [9.17, 15) is 9.90 Å². The van der Waals surface area contributed by atoms with Crippen molar-refractivity contribution in [2.45, 2.75) is 64.9 Å². The van der Waals surface area contributed by atoms with Gasteiger partial charge in [0.2, 0.25) is 0 Å². The van der Waals surface area contributed by atoms with E-state index in [-0.39, 0.29) is 11.5 Å². The average molecular weight is 300 g/mol. The van der Waals surface area contributed by atoms with Crippen LogP contribution in [-0.4, -0.2) is 17.0 Å². The highest BCUT2D eigenvalue weighted by molar-refractivity contribution is 5.92. The molecule has 2 nitrogen and oxygen atoms in total. The number of hydrogen-bond donors (Lipinski definition) is 1. The Bertz CT molecular complexity index is 578. The molecule has 0 bridgehead atoms. The fraction of sp³-hybridized carbons (Fsp3) is 0.850. The maximum absolute atomic E-state index is 12.7. The van der Waals surface area contributed by atoms with E-state index in [2.05, 4.69) is 19.9 Å². The molecule has 0 aromatic carbocycles. The van der Waals surface area contributed by atoms with Crippen molar-refractivity contribution in [1.29, 1.82) is 0 Å². The molecule has 4 saturated carbocycles. The summed E-state index contributed by atoms with van der Waals surface area (Å²) >= 11 is 0. The molecular weight excluding hydrogens is 272 g/mol. The number of rotatable bonds is 0. The summed E-state index contributed by atoms with van der Waals surface area (Å²) in [6.07, 6.45) is 10.1. The van der Waals surface area contributed by atoms with Crippen molar-refractivity contribution in [1.82, 2.24) is 0 Å². The third-order valence-electron chi connectivity index (χ3n) is 8.53. The van der Waals surface area contributed by atoms with Crippen molar-refractivity contribution < 1.29 is 9.90 Å². The molecule has 0 spiro atoms. The standard InChI is InChI=1S/C20H28O2/c1-19-7-5-12(21)9-11(19)3-4-13-16(19)6-8-20(2)17(13)14-10-15(14)18(20)22/h3,12-17,21H,4-10H2,1-2H3/t12-,13?,14+,15-,16?,17?,19-,20-/m0/s1. The van der Waals surface area contributed by atoms with Crippen LogP contribution in [0.5, 0.6) is 0 Å². The molecule has 8 atom stereocenters. The summed E-state index contributed by atoms with van der Waals surface area (Å²) in [5.74, 6) is 3.90. The molecule has 22 heavy (non-hydrogen) atoms. The summed E-state index contributed by atoms with van der Waals surface area (Å²) in [5, 5.41) is 10.0. The van der Waals surface area contributed by atoms with Gasteiger partial charge in [-0.2, -0.15) is 0 Å². The number of allylic oxidation sites excluding steroid dienone is 1. The molecule has 120 valence electrons. The van der Waals surface area contributed by atoms with E-state index in [1.807, 2.05) is 0 Å². The monoisotopic (exact) mass is 300 g/mol. The Labute approximate surface area is 133 Å². The van der Waals surface area contributed by atoms with Gasteiger partial charge in [0, 0.05) is 11.3 Å². The second kappa shape index (κ2) is 4.06. The zero-order valence-corrected chi connectivity index (χ0v) is 13.8. The summed E-state index contributed by atoms with van der Waals surface area (Å²) in [5.41, 5.74) is 1.84. The van der Waals surface area contributed by atoms with Crippen LogP contribution < -0.4 is 0 Å². The quantitative estimate of drug-likeness (QED) is 0.692. The van der Waals surface area contributed by atoms with Crippen LogP contribution >= 0.6 is 0 Å². The predicted octanol–water partition coefficient (Wildman–Crippen LogP) is 3.74. The number of ketones is 1. The lowest BCUT2D eigenvalue weighted by Crippen LogP contribution is -2.51. The van der Waals surface area contributed by atoms with Gasteiger partial charge in [0.1, 0.15) is 5.78 Å². The SMILES string of the molecule is C[C@]12CC[C@H](O)CC1=CCC1C2CC[C@]2(C)C(=O)[C@H]3C[C@H]3C12. The van der Waals surface area contributed by atoms with Crippen molar-refractivity contribution in [2.75, 3.05) is 0 Å². The molecule has 5 aliphatic carbocycles. The molecule has 2 heteroatoms. The van der Waals surface area contributed by atoms with Gasteiger partial charge in [-0.05, 0) is 74.0 Å². The lowest BCUT2D eigenvalue weighted by Gasteiger charge is -2.57. The molecule has 3 unspecified atom stereocenters. The van der Waals surface area contributed by atoms with Crippen LogP contribution in [0, 0.1) is 40.4 Å². The van der Waals surface area contributed by atoms with Gasteiger partial charge in [0.25, 0.3) is 0 Å². The Kier molecular flexibility index (Phi) is 2.54. The van der Waals surface area contributed by atoms with E-state index in [0.29, 0.717) is 23.0 Å². The van der Waals surface area contributed by atoms with Crippen molar-refractivity contribution >= 4 is 5.78 Å². The number of Topliss-reactive ketones (excluding diaryl/α,β-unsaturated/α-hetero) is 1. The normalized spacial score (nSPS) is 59.0. The minimum atomic E-state index is -0.120. The third-order valence-corrected chi connectivity index (χ3v) is 8.53. The van der Waals surface area contributed by atoms with Crippen LogP contribution in [0.15, 0.2) is 11.6 Å². The van der Waals surface area contributed by atoms with E-state index in [1.165, 1.54) is 24.8 Å². The average Bonchev–Trinajstić information content (AvgIpc) is 3.22. The fourth-order valence-corrected chi connectivity index (χ4v) is 7.31. The minimum Gasteiger partial charge on any atom is -0.393 e. The predicted molar refractivity (Wildman–Crippen MR) is 85.1 cm³/mol. The molecular formula is C20H28O2. The third kappa shape index (κ3) is 1.48. The van der Waals surface area contributed by atoms with E-state index in [1.54, 1.807) is 0 Å². The highest BCUT2D eigenvalue weighted by Crippen LogP contribution is 2.71. The van der Waals surface area contributed by atoms with Crippen LogP contribution in [0.1, 0.15) is 58.8 Å². The van der Waals surface area contributed by atoms with E-state index < -0.39 is 0 Å². The summed E-state index contributed by atoms with van der Waals surface area (Å²) < 4.78 is 0. The summed E-state index contributed by atoms with van der Waals surface area (Å²) in [6.45, 7) is 4.75. The van der Waals surface area contributed by atoms with Crippen LogP contribution in [0.2, 0.25) is 0 Å². The van der Waals surface area contributed by atoms with Crippen LogP contribution in [0.4, 0.5) is 0 Å². The summed E-state index contributed by atoms with van der Waals surface area (Å²) in [7, 11) is 0. The highest BCUT2D eigenvalue weighted by atomic mass is 16.3. The Morgan fingerprint density at radius 2 is 1.91 bits per heavy atom. The first-order valence-corrected chi connectivity index (χ1v) is 9.37. The number of carbonyl (C=O) groups is 1. The number of aliphatic hydroxyl groups is 1. The highest BCUT2D eigenvalue weighted by Gasteiger charge is 2.70. The zero-order chi connectivity index (χ0) is 15.3. The van der Waals surface area contributed by atoms with Crippen LogP contribution in [0.3, 0.4) is 0 Å². The van der Waals surface area contributed by atoms with Gasteiger partial charge in [-0.3, -0.25) is 4.79 Å². The number of hydrogen-bond acceptors (Lipinski definition) is 2. The van der Waals surface area contributed by atoms with Crippen molar-refractivity contribution in [3.63, 3.8) is 0 Å². The van der Waals surface area contributed by atoms with Gasteiger partial charge in [0.05, 0.1) is 6.10 Å². The second-order valence-corrected chi connectivity index (χ2v) is 9.40. The largest absolute Gasteiger partial charge is 0.393 e. The number of aliphatic hydroxyl groups excluding tert-OH is 1. The number of fused-ring (bicyclic) bond motifs is 7. The van der Waals surface area contributed by atoms with Gasteiger partial charge >= 0.3 is 0 Å². The smallest absolute Gasteiger partial charge is 0.142 e. The molecule has 4 fully saturated rings. The summed E-state index contributed by atoms with van der Waals surface area (Å²) in [6, 6.07) is 0. The molecule has 0 saturated heterocycles. The zero-order valence-electron chi connectivity index (χ0n) is 13.8. The van der Waals surface area contributed by atoms with Gasteiger partial charge in [-0.1, -0.05) is 25.5 Å². The molecule has 0 amide bonds. The summed E-state index contributed by atoms with van der Waals surface area (Å²) in [4.78, 5) is 12.7. The maximum atomic E-state index is 12.7. The molecule has 0 aliphatic heterocycles. The van der Waals surface area contributed by atoms with E-state index >= 15 is 0 Å². The fourth-order valence-electron chi connectivity index (χ4n) is 7.31. The minimum absolute atomic E-state index is 0.00460. The van der Waals surface area contributed by atoms with E-state index in [0.717, 1.165) is 43.4 Å². The molecule has 0 heterocycles. The Hall–Kier alpha value is -0.630. The molecule has 5 rings (SSSR count). The first-order valence-electron chi connectivity index (χ1n) is 9.37. The molecule has 0 aromatic rings. The molecule has 0 aromatic heterocycles. The van der Waals surface area contributed by atoms with Gasteiger partial charge < -0.3 is 5.11 Å². The topological polar surface area (TPSA) is 37.3 Å². The first-order chi connectivity index (χ1) is 10.4. The van der Waals surface area contributed by atoms with Crippen molar-refractivity contribution in [3.05, 3.63) is 11.6 Å². The van der Waals surface area contributed by atoms with E-state index in [4.69, 9.17) is 0 Å². The lowest BCUT2D eigenvalue weighted by molar-refractivity contribution is -0.135. The molecule has 1 N–H and O–H groups in total. The van der Waals surface area contributed by atoms with Crippen molar-refractivity contribution in [2.24, 2.45) is 40.4 Å². The second-order valence-electron chi connectivity index (χ2n) is 9.40. The Morgan fingerprint density at radius 1 is 1.14 bits per heavy atom.